The molecule has 0 unspecified atom stereocenters. The van der Waals surface area contributed by atoms with Crippen molar-refractivity contribution < 1.29 is 14.3 Å². The van der Waals surface area contributed by atoms with Crippen molar-refractivity contribution in [1.82, 2.24) is 4.90 Å². The lowest BCUT2D eigenvalue weighted by Crippen LogP contribution is -2.48. The number of carbonyl (C=O) groups excluding carboxylic acids is 1. The van der Waals surface area contributed by atoms with Crippen molar-refractivity contribution >= 4 is 6.09 Å². The van der Waals surface area contributed by atoms with E-state index in [1.165, 1.54) is 0 Å². The van der Waals surface area contributed by atoms with Gasteiger partial charge in [-0.25, -0.2) is 4.79 Å². The van der Waals surface area contributed by atoms with Gasteiger partial charge in [0.25, 0.3) is 0 Å². The highest BCUT2D eigenvalue weighted by molar-refractivity contribution is 5.68. The fourth-order valence-electron chi connectivity index (χ4n) is 2.24. The predicted molar refractivity (Wildman–Crippen MR) is 85.5 cm³/mol. The SMILES string of the molecule is CC(C)(C)CCOC1(C)CCN(C(=O)OC(C)(C)C)CC1. The van der Waals surface area contributed by atoms with Crippen molar-refractivity contribution in [1.29, 1.82) is 0 Å². The lowest BCUT2D eigenvalue weighted by Gasteiger charge is -2.40. The summed E-state index contributed by atoms with van der Waals surface area (Å²) in [5.74, 6) is 0. The van der Waals surface area contributed by atoms with Gasteiger partial charge in [0.05, 0.1) is 5.60 Å². The first-order valence-corrected chi connectivity index (χ1v) is 8.02. The molecule has 1 aliphatic heterocycles. The van der Waals surface area contributed by atoms with E-state index in [4.69, 9.17) is 9.47 Å². The summed E-state index contributed by atoms with van der Waals surface area (Å²) < 4.78 is 11.5. The van der Waals surface area contributed by atoms with Gasteiger partial charge in [0.15, 0.2) is 0 Å². The number of rotatable bonds is 3. The summed E-state index contributed by atoms with van der Waals surface area (Å²) in [6, 6.07) is 0. The van der Waals surface area contributed by atoms with Gasteiger partial charge >= 0.3 is 6.09 Å². The fourth-order valence-corrected chi connectivity index (χ4v) is 2.24. The largest absolute Gasteiger partial charge is 0.444 e. The summed E-state index contributed by atoms with van der Waals surface area (Å²) >= 11 is 0. The van der Waals surface area contributed by atoms with Crippen molar-refractivity contribution in [2.45, 2.75) is 78.9 Å². The van der Waals surface area contributed by atoms with Crippen LogP contribution < -0.4 is 0 Å². The van der Waals surface area contributed by atoms with E-state index in [1.54, 1.807) is 4.90 Å². The van der Waals surface area contributed by atoms with Gasteiger partial charge in [0.1, 0.15) is 5.60 Å². The maximum Gasteiger partial charge on any atom is 0.410 e. The monoisotopic (exact) mass is 299 g/mol. The van der Waals surface area contributed by atoms with Gasteiger partial charge in [-0.3, -0.25) is 0 Å². The summed E-state index contributed by atoms with van der Waals surface area (Å²) in [5.41, 5.74) is -0.238. The zero-order chi connectivity index (χ0) is 16.3. The maximum atomic E-state index is 12.0. The zero-order valence-corrected chi connectivity index (χ0v) is 14.9. The van der Waals surface area contributed by atoms with Gasteiger partial charge in [-0.15, -0.1) is 0 Å². The molecule has 0 aromatic rings. The molecule has 1 heterocycles. The molecule has 21 heavy (non-hydrogen) atoms. The van der Waals surface area contributed by atoms with Crippen LogP contribution in [0.15, 0.2) is 0 Å². The maximum absolute atomic E-state index is 12.0. The molecule has 0 aliphatic carbocycles. The Morgan fingerprint density at radius 2 is 1.62 bits per heavy atom. The summed E-state index contributed by atoms with van der Waals surface area (Å²) in [7, 11) is 0. The Morgan fingerprint density at radius 1 is 1.10 bits per heavy atom. The molecule has 4 nitrogen and oxygen atoms in total. The average Bonchev–Trinajstić information content (AvgIpc) is 2.25. The Bertz CT molecular complexity index is 344. The van der Waals surface area contributed by atoms with Crippen LogP contribution in [-0.4, -0.2) is 41.9 Å². The van der Waals surface area contributed by atoms with Crippen LogP contribution >= 0.6 is 0 Å². The lowest BCUT2D eigenvalue weighted by molar-refractivity contribution is -0.0781. The van der Waals surface area contributed by atoms with Crippen molar-refractivity contribution in [3.8, 4) is 0 Å². The third-order valence-corrected chi connectivity index (χ3v) is 3.78. The first-order valence-electron chi connectivity index (χ1n) is 8.02. The number of nitrogens with zero attached hydrogens (tertiary/aromatic N) is 1. The number of hydrogen-bond acceptors (Lipinski definition) is 3. The van der Waals surface area contributed by atoms with E-state index >= 15 is 0 Å². The predicted octanol–water partition coefficient (Wildman–Crippen LogP) is 4.23. The molecule has 4 heteroatoms. The van der Waals surface area contributed by atoms with Gasteiger partial charge in [0.2, 0.25) is 0 Å². The Morgan fingerprint density at radius 3 is 2.05 bits per heavy atom. The highest BCUT2D eigenvalue weighted by Crippen LogP contribution is 2.28. The zero-order valence-electron chi connectivity index (χ0n) is 14.9. The van der Waals surface area contributed by atoms with Gasteiger partial charge < -0.3 is 14.4 Å². The number of ether oxygens (including phenoxy) is 2. The Hall–Kier alpha value is -0.770. The van der Waals surface area contributed by atoms with E-state index < -0.39 is 5.60 Å². The molecule has 0 aromatic carbocycles. The molecule has 124 valence electrons. The quantitative estimate of drug-likeness (QED) is 0.783. The van der Waals surface area contributed by atoms with E-state index in [-0.39, 0.29) is 11.7 Å². The minimum Gasteiger partial charge on any atom is -0.444 e. The van der Waals surface area contributed by atoms with Crippen LogP contribution in [0.4, 0.5) is 4.79 Å². The molecule has 0 aromatic heterocycles. The minimum absolute atomic E-state index is 0.107. The molecule has 1 aliphatic rings. The highest BCUT2D eigenvalue weighted by atomic mass is 16.6. The van der Waals surface area contributed by atoms with Gasteiger partial charge in [0, 0.05) is 19.7 Å². The van der Waals surface area contributed by atoms with Crippen molar-refractivity contribution in [2.24, 2.45) is 5.41 Å². The van der Waals surface area contributed by atoms with Crippen LogP contribution in [0, 0.1) is 5.41 Å². The minimum atomic E-state index is -0.430. The highest BCUT2D eigenvalue weighted by Gasteiger charge is 2.34. The summed E-state index contributed by atoms with van der Waals surface area (Å²) in [6.45, 7) is 16.7. The Kier molecular flexibility index (Phi) is 5.70. The van der Waals surface area contributed by atoms with Crippen LogP contribution in [-0.2, 0) is 9.47 Å². The average molecular weight is 299 g/mol. The summed E-state index contributed by atoms with van der Waals surface area (Å²) in [6.07, 6.45) is 2.59. The summed E-state index contributed by atoms with van der Waals surface area (Å²) in [5, 5.41) is 0. The van der Waals surface area contributed by atoms with E-state index in [2.05, 4.69) is 27.7 Å². The molecule has 1 saturated heterocycles. The van der Waals surface area contributed by atoms with Gasteiger partial charge in [-0.1, -0.05) is 20.8 Å². The number of amides is 1. The second kappa shape index (κ2) is 6.55. The molecule has 1 rings (SSSR count). The normalized spacial score (nSPS) is 19.5. The molecule has 1 fully saturated rings. The van der Waals surface area contributed by atoms with E-state index in [0.717, 1.165) is 25.9 Å². The first-order chi connectivity index (χ1) is 9.40. The molecule has 0 saturated carbocycles. The van der Waals surface area contributed by atoms with Crippen molar-refractivity contribution in [3.63, 3.8) is 0 Å². The van der Waals surface area contributed by atoms with Gasteiger partial charge in [-0.05, 0) is 52.4 Å². The molecule has 0 radical (unpaired) electrons. The Labute approximate surface area is 130 Å². The summed E-state index contributed by atoms with van der Waals surface area (Å²) in [4.78, 5) is 13.8. The standard InChI is InChI=1S/C17H33NO3/c1-15(2,3)10-13-20-17(7)8-11-18(12-9-17)14(19)21-16(4,5)6/h8-13H2,1-7H3. The van der Waals surface area contributed by atoms with E-state index in [0.29, 0.717) is 18.5 Å². The topological polar surface area (TPSA) is 38.8 Å². The van der Waals surface area contributed by atoms with E-state index in [9.17, 15) is 4.79 Å². The third kappa shape index (κ3) is 7.16. The smallest absolute Gasteiger partial charge is 0.410 e. The first kappa shape index (κ1) is 18.3. The van der Waals surface area contributed by atoms with Gasteiger partial charge in [-0.2, -0.15) is 0 Å². The Balaban J connectivity index is 2.38. The van der Waals surface area contributed by atoms with Crippen LogP contribution in [0.3, 0.4) is 0 Å². The van der Waals surface area contributed by atoms with E-state index in [1.807, 2.05) is 20.8 Å². The number of piperidine rings is 1. The molecule has 0 atom stereocenters. The molecular weight excluding hydrogens is 266 g/mol. The van der Waals surface area contributed by atoms with Crippen molar-refractivity contribution in [2.75, 3.05) is 19.7 Å². The molecule has 0 N–H and O–H groups in total. The van der Waals surface area contributed by atoms with Crippen LogP contribution in [0.1, 0.15) is 67.7 Å². The second-order valence-electron chi connectivity index (χ2n) is 8.58. The third-order valence-electron chi connectivity index (χ3n) is 3.78. The van der Waals surface area contributed by atoms with Crippen LogP contribution in [0.25, 0.3) is 0 Å². The molecule has 0 bridgehead atoms. The molecular formula is C17H33NO3. The number of likely N-dealkylation sites (tertiary alicyclic amines) is 1. The molecule has 0 spiro atoms. The number of carbonyl (C=O) groups is 1. The van der Waals surface area contributed by atoms with Crippen molar-refractivity contribution in [3.05, 3.63) is 0 Å². The molecule has 1 amide bonds. The second-order valence-corrected chi connectivity index (χ2v) is 8.58. The van der Waals surface area contributed by atoms with Crippen LogP contribution in [0.5, 0.6) is 0 Å². The number of hydrogen-bond donors (Lipinski definition) is 0. The lowest BCUT2D eigenvalue weighted by atomic mass is 9.91. The fraction of sp³-hybridized carbons (Fsp3) is 0.941. The van der Waals surface area contributed by atoms with Crippen LogP contribution in [0.2, 0.25) is 0 Å².